The molecule has 1 N–H and O–H groups in total. The van der Waals surface area contributed by atoms with Crippen LogP contribution in [0, 0.1) is 0 Å². The number of amides is 2. The average Bonchev–Trinajstić information content (AvgIpc) is 2.69. The highest BCUT2D eigenvalue weighted by Crippen LogP contribution is 2.40. The van der Waals surface area contributed by atoms with Crippen molar-refractivity contribution in [2.45, 2.75) is 58.9 Å². The molecule has 1 aromatic carbocycles. The van der Waals surface area contributed by atoms with Gasteiger partial charge in [-0.05, 0) is 39.7 Å². The highest BCUT2D eigenvalue weighted by molar-refractivity contribution is 6.12. The van der Waals surface area contributed by atoms with Gasteiger partial charge in [-0.3, -0.25) is 14.5 Å². The van der Waals surface area contributed by atoms with Crippen molar-refractivity contribution in [2.24, 2.45) is 0 Å². The topological polar surface area (TPSA) is 57.6 Å². The summed E-state index contributed by atoms with van der Waals surface area (Å²) in [5, 5.41) is 10.7. The average molecular weight is 315 g/mol. The molecule has 23 heavy (non-hydrogen) atoms. The molecule has 2 amide bonds. The Morgan fingerprint density at radius 1 is 0.870 bits per heavy atom. The summed E-state index contributed by atoms with van der Waals surface area (Å²) in [6.45, 7) is 12.4. The van der Waals surface area contributed by atoms with Gasteiger partial charge in [-0.15, -0.1) is 0 Å². The molecule has 1 aliphatic heterocycles. The van der Waals surface area contributed by atoms with E-state index in [1.54, 1.807) is 0 Å². The maximum Gasteiger partial charge on any atom is 0.253 e. The molecule has 0 atom stereocenters. The Morgan fingerprint density at radius 3 is 1.61 bits per heavy atom. The van der Waals surface area contributed by atoms with Gasteiger partial charge in [-0.2, -0.15) is 0 Å². The summed E-state index contributed by atoms with van der Waals surface area (Å²) in [4.78, 5) is 24.8. The van der Waals surface area contributed by atoms with Gasteiger partial charge in [0.05, 0.1) is 6.54 Å². The lowest BCUT2D eigenvalue weighted by Crippen LogP contribution is -2.29. The molecule has 2 rings (SSSR count). The molecule has 124 valence electrons. The molecule has 0 unspecified atom stereocenters. The number of carbonyl (C=O) groups is 2. The van der Waals surface area contributed by atoms with Crippen LogP contribution >= 0.6 is 0 Å². The predicted molar refractivity (Wildman–Crippen MR) is 90.2 cm³/mol. The number of hydrogen-bond acceptors (Lipinski definition) is 3. The van der Waals surface area contributed by atoms with Crippen LogP contribution in [0.4, 0.5) is 0 Å². The van der Waals surface area contributed by atoms with E-state index < -0.39 is 0 Å². The Labute approximate surface area is 137 Å². The molecule has 1 aliphatic rings. The number of benzene rings is 1. The van der Waals surface area contributed by atoms with Crippen molar-refractivity contribution in [3.8, 4) is 5.75 Å². The van der Waals surface area contributed by atoms with Crippen LogP contribution in [0.2, 0.25) is 0 Å². The third-order valence-electron chi connectivity index (χ3n) is 4.03. The molecule has 1 aromatic rings. The second-order valence-corrected chi connectivity index (χ2v) is 8.14. The maximum atomic E-state index is 11.8. The normalized spacial score (nSPS) is 15.7. The van der Waals surface area contributed by atoms with Crippen molar-refractivity contribution in [1.29, 1.82) is 0 Å². The fourth-order valence-corrected chi connectivity index (χ4v) is 2.70. The molecule has 0 bridgehead atoms. The van der Waals surface area contributed by atoms with Crippen LogP contribution in [0.1, 0.15) is 58.2 Å². The molecular weight excluding hydrogens is 290 g/mol. The van der Waals surface area contributed by atoms with Gasteiger partial charge in [0.25, 0.3) is 11.8 Å². The lowest BCUT2D eigenvalue weighted by atomic mass is 9.78. The maximum absolute atomic E-state index is 11.8. The van der Waals surface area contributed by atoms with Crippen LogP contribution < -0.4 is 0 Å². The Hall–Kier alpha value is -2.10. The predicted octanol–water partition coefficient (Wildman–Crippen LogP) is 3.41. The van der Waals surface area contributed by atoms with Crippen LogP contribution in [0.15, 0.2) is 24.3 Å². The van der Waals surface area contributed by atoms with Gasteiger partial charge in [0.1, 0.15) is 5.75 Å². The minimum absolute atomic E-state index is 0.219. The first-order valence-electron chi connectivity index (χ1n) is 7.81. The summed E-state index contributed by atoms with van der Waals surface area (Å²) in [6, 6.07) is 3.78. The smallest absolute Gasteiger partial charge is 0.253 e. The van der Waals surface area contributed by atoms with E-state index in [2.05, 4.69) is 0 Å². The highest BCUT2D eigenvalue weighted by Gasteiger charge is 2.29. The van der Waals surface area contributed by atoms with Crippen LogP contribution in [0.25, 0.3) is 0 Å². The largest absolute Gasteiger partial charge is 0.507 e. The summed E-state index contributed by atoms with van der Waals surface area (Å²) < 4.78 is 0. The molecule has 0 fully saturated rings. The Morgan fingerprint density at radius 2 is 1.26 bits per heavy atom. The van der Waals surface area contributed by atoms with Crippen LogP contribution in [0.3, 0.4) is 0 Å². The highest BCUT2D eigenvalue weighted by atomic mass is 16.3. The molecule has 0 saturated carbocycles. The molecule has 0 aliphatic carbocycles. The lowest BCUT2D eigenvalue weighted by molar-refractivity contribution is -0.137. The third-order valence-corrected chi connectivity index (χ3v) is 4.03. The summed E-state index contributed by atoms with van der Waals surface area (Å²) in [6.07, 6.45) is 2.58. The summed E-state index contributed by atoms with van der Waals surface area (Å²) >= 11 is 0. The van der Waals surface area contributed by atoms with Crippen molar-refractivity contribution in [2.75, 3.05) is 0 Å². The first-order chi connectivity index (χ1) is 10.4. The van der Waals surface area contributed by atoms with Crippen LogP contribution in [-0.4, -0.2) is 21.8 Å². The fraction of sp³-hybridized carbons (Fsp3) is 0.474. The zero-order valence-electron chi connectivity index (χ0n) is 14.7. The molecule has 4 heteroatoms. The van der Waals surface area contributed by atoms with Gasteiger partial charge in [-0.25, -0.2) is 0 Å². The van der Waals surface area contributed by atoms with E-state index in [0.717, 1.165) is 16.7 Å². The van der Waals surface area contributed by atoms with Gasteiger partial charge in [0.15, 0.2) is 0 Å². The summed E-state index contributed by atoms with van der Waals surface area (Å²) in [5.74, 6) is -0.290. The molecule has 4 nitrogen and oxygen atoms in total. The zero-order chi connectivity index (χ0) is 17.6. The second-order valence-electron chi connectivity index (χ2n) is 8.14. The molecule has 0 saturated heterocycles. The lowest BCUT2D eigenvalue weighted by Gasteiger charge is -2.28. The Kier molecular flexibility index (Phi) is 4.14. The molecule has 0 aromatic heterocycles. The standard InChI is InChI=1S/C19H25NO3/c1-18(2,3)13-9-12(10-14(17(13)23)19(4,5)6)11-20-15(21)7-8-16(20)22/h7-10,23H,11H2,1-6H3. The van der Waals surface area contributed by atoms with Crippen LogP contribution in [-0.2, 0) is 27.0 Å². The van der Waals surface area contributed by atoms with E-state index in [-0.39, 0.29) is 29.2 Å². The first-order valence-corrected chi connectivity index (χ1v) is 7.81. The van der Waals surface area contributed by atoms with E-state index in [0.29, 0.717) is 5.75 Å². The second kappa shape index (κ2) is 5.52. The number of phenolic OH excluding ortho intramolecular Hbond substituents is 1. The monoisotopic (exact) mass is 315 g/mol. The molecule has 1 heterocycles. The molecule has 0 radical (unpaired) electrons. The number of rotatable bonds is 2. The number of phenols is 1. The minimum atomic E-state index is -0.294. The number of nitrogens with zero attached hydrogens (tertiary/aromatic N) is 1. The van der Waals surface area contributed by atoms with E-state index in [9.17, 15) is 14.7 Å². The number of carbonyl (C=O) groups excluding carboxylic acids is 2. The minimum Gasteiger partial charge on any atom is -0.507 e. The van der Waals surface area contributed by atoms with E-state index >= 15 is 0 Å². The van der Waals surface area contributed by atoms with Gasteiger partial charge >= 0.3 is 0 Å². The quantitative estimate of drug-likeness (QED) is 0.851. The third kappa shape index (κ3) is 3.46. The molecule has 0 spiro atoms. The Balaban J connectivity index is 2.52. The van der Waals surface area contributed by atoms with E-state index in [1.807, 2.05) is 53.7 Å². The first kappa shape index (κ1) is 17.3. The molecular formula is C19H25NO3. The van der Waals surface area contributed by atoms with Crippen molar-refractivity contribution in [1.82, 2.24) is 4.90 Å². The zero-order valence-corrected chi connectivity index (χ0v) is 14.7. The summed E-state index contributed by atoms with van der Waals surface area (Å²) in [5.41, 5.74) is 2.02. The van der Waals surface area contributed by atoms with Crippen molar-refractivity contribution in [3.63, 3.8) is 0 Å². The number of hydrogen-bond donors (Lipinski definition) is 1. The van der Waals surface area contributed by atoms with Crippen molar-refractivity contribution in [3.05, 3.63) is 41.0 Å². The van der Waals surface area contributed by atoms with E-state index in [1.165, 1.54) is 17.1 Å². The van der Waals surface area contributed by atoms with Gasteiger partial charge < -0.3 is 5.11 Å². The fourth-order valence-electron chi connectivity index (χ4n) is 2.70. The van der Waals surface area contributed by atoms with Gasteiger partial charge in [-0.1, -0.05) is 41.5 Å². The Bertz CT molecular complexity index is 635. The van der Waals surface area contributed by atoms with E-state index in [4.69, 9.17) is 0 Å². The van der Waals surface area contributed by atoms with Crippen LogP contribution in [0.5, 0.6) is 5.75 Å². The van der Waals surface area contributed by atoms with Crippen molar-refractivity contribution >= 4 is 11.8 Å². The van der Waals surface area contributed by atoms with Gasteiger partial charge in [0, 0.05) is 12.2 Å². The number of imide groups is 1. The summed E-state index contributed by atoms with van der Waals surface area (Å²) in [7, 11) is 0. The van der Waals surface area contributed by atoms with Crippen molar-refractivity contribution < 1.29 is 14.7 Å². The van der Waals surface area contributed by atoms with Gasteiger partial charge in [0.2, 0.25) is 0 Å². The SMILES string of the molecule is CC(C)(C)c1cc(CN2C(=O)C=CC2=O)cc(C(C)(C)C)c1O. The number of aromatic hydroxyl groups is 1.